The van der Waals surface area contributed by atoms with Crippen LogP contribution in [0.15, 0.2) is 30.5 Å². The maximum absolute atomic E-state index is 12.8. The average molecular weight is 384 g/mol. The summed E-state index contributed by atoms with van der Waals surface area (Å²) in [6.45, 7) is 6.17. The number of carbonyl (C=O) groups is 2. The zero-order chi connectivity index (χ0) is 19.9. The Morgan fingerprint density at radius 3 is 2.57 bits per heavy atom. The summed E-state index contributed by atoms with van der Waals surface area (Å²) in [5.41, 5.74) is 1.89. The van der Waals surface area contributed by atoms with Crippen molar-refractivity contribution in [3.8, 4) is 0 Å². The number of pyridine rings is 1. The second kappa shape index (κ2) is 9.12. The molecule has 0 aromatic carbocycles. The number of nitrogens with zero attached hydrogens (tertiary/aromatic N) is 5. The van der Waals surface area contributed by atoms with Crippen molar-refractivity contribution in [1.29, 1.82) is 0 Å². The molecule has 1 N–H and O–H groups in total. The van der Waals surface area contributed by atoms with Gasteiger partial charge >= 0.3 is 6.09 Å². The minimum Gasteiger partial charge on any atom is -0.450 e. The van der Waals surface area contributed by atoms with Crippen molar-refractivity contribution in [3.63, 3.8) is 0 Å². The van der Waals surface area contributed by atoms with E-state index in [2.05, 4.69) is 20.3 Å². The molecule has 0 unspecified atom stereocenters. The van der Waals surface area contributed by atoms with Gasteiger partial charge in [0.25, 0.3) is 5.91 Å². The summed E-state index contributed by atoms with van der Waals surface area (Å²) in [6, 6.07) is 7.33. The Morgan fingerprint density at radius 1 is 1.14 bits per heavy atom. The van der Waals surface area contributed by atoms with Crippen LogP contribution in [0.25, 0.3) is 0 Å². The van der Waals surface area contributed by atoms with Crippen molar-refractivity contribution in [2.24, 2.45) is 0 Å². The fourth-order valence-corrected chi connectivity index (χ4v) is 2.90. The number of aromatic nitrogens is 3. The van der Waals surface area contributed by atoms with Gasteiger partial charge in [-0.25, -0.2) is 14.8 Å². The second-order valence-corrected chi connectivity index (χ2v) is 6.37. The van der Waals surface area contributed by atoms with Gasteiger partial charge in [-0.3, -0.25) is 9.78 Å². The lowest BCUT2D eigenvalue weighted by Crippen LogP contribution is -2.50. The van der Waals surface area contributed by atoms with Crippen LogP contribution in [0.4, 0.5) is 10.7 Å². The van der Waals surface area contributed by atoms with Gasteiger partial charge in [0.05, 0.1) is 18.8 Å². The lowest BCUT2D eigenvalue weighted by molar-refractivity contribution is 0.0566. The normalized spacial score (nSPS) is 13.9. The Hall–Kier alpha value is -3.23. The highest BCUT2D eigenvalue weighted by Crippen LogP contribution is 2.12. The highest BCUT2D eigenvalue weighted by Gasteiger charge is 2.26. The number of nitrogens with one attached hydrogen (secondary N) is 1. The smallest absolute Gasteiger partial charge is 0.409 e. The molecule has 2 aromatic rings. The molecular formula is C19H24N6O3. The summed E-state index contributed by atoms with van der Waals surface area (Å²) in [5.74, 6) is 0.217. The highest BCUT2D eigenvalue weighted by atomic mass is 16.6. The van der Waals surface area contributed by atoms with Crippen LogP contribution in [-0.2, 0) is 11.3 Å². The fraction of sp³-hybridized carbons (Fsp3) is 0.421. The molecule has 2 amide bonds. The van der Waals surface area contributed by atoms with E-state index in [0.29, 0.717) is 56.7 Å². The third-order valence-electron chi connectivity index (χ3n) is 4.32. The summed E-state index contributed by atoms with van der Waals surface area (Å²) >= 11 is 0. The molecule has 0 bridgehead atoms. The Bertz CT molecular complexity index is 822. The van der Waals surface area contributed by atoms with Gasteiger partial charge in [-0.05, 0) is 32.0 Å². The summed E-state index contributed by atoms with van der Waals surface area (Å²) in [6.07, 6.45) is 1.38. The van der Waals surface area contributed by atoms with Crippen LogP contribution in [0.1, 0.15) is 28.8 Å². The van der Waals surface area contributed by atoms with Crippen LogP contribution in [0.2, 0.25) is 0 Å². The molecule has 1 fully saturated rings. The number of carbonyl (C=O) groups excluding carboxylic acids is 2. The molecular weight excluding hydrogens is 360 g/mol. The zero-order valence-corrected chi connectivity index (χ0v) is 16.1. The summed E-state index contributed by atoms with van der Waals surface area (Å²) in [5, 5.41) is 3.11. The van der Waals surface area contributed by atoms with Crippen LogP contribution < -0.4 is 5.32 Å². The fourth-order valence-electron chi connectivity index (χ4n) is 2.90. The van der Waals surface area contributed by atoms with Gasteiger partial charge in [-0.2, -0.15) is 0 Å². The summed E-state index contributed by atoms with van der Waals surface area (Å²) in [7, 11) is 0. The zero-order valence-electron chi connectivity index (χ0n) is 16.1. The Morgan fingerprint density at radius 2 is 1.89 bits per heavy atom. The number of rotatable bonds is 5. The van der Waals surface area contributed by atoms with Gasteiger partial charge in [0, 0.05) is 38.1 Å². The molecule has 1 aliphatic rings. The van der Waals surface area contributed by atoms with E-state index in [1.54, 1.807) is 29.0 Å². The number of amides is 2. The minimum atomic E-state index is -0.339. The van der Waals surface area contributed by atoms with E-state index in [1.807, 2.05) is 25.1 Å². The van der Waals surface area contributed by atoms with Crippen LogP contribution in [-0.4, -0.2) is 69.5 Å². The van der Waals surface area contributed by atoms with E-state index in [1.165, 1.54) is 0 Å². The van der Waals surface area contributed by atoms with Gasteiger partial charge < -0.3 is 19.9 Å². The maximum Gasteiger partial charge on any atom is 0.409 e. The number of piperazine rings is 1. The van der Waals surface area contributed by atoms with Crippen molar-refractivity contribution in [2.75, 3.05) is 38.1 Å². The SMILES string of the molecule is CCOC(=O)N1CCN(C(=O)c2cc(C)nc(NCc3ccccn3)n2)CC1. The van der Waals surface area contributed by atoms with E-state index < -0.39 is 0 Å². The molecule has 0 saturated carbocycles. The van der Waals surface area contributed by atoms with Gasteiger partial charge in [0.2, 0.25) is 5.95 Å². The lowest BCUT2D eigenvalue weighted by atomic mass is 10.2. The molecule has 148 valence electrons. The van der Waals surface area contributed by atoms with Crippen molar-refractivity contribution in [1.82, 2.24) is 24.8 Å². The number of aryl methyl sites for hydroxylation is 1. The first-order valence-corrected chi connectivity index (χ1v) is 9.27. The van der Waals surface area contributed by atoms with Crippen LogP contribution in [0.3, 0.4) is 0 Å². The van der Waals surface area contributed by atoms with Crippen molar-refractivity contribution < 1.29 is 14.3 Å². The monoisotopic (exact) mass is 384 g/mol. The third kappa shape index (κ3) is 4.93. The average Bonchev–Trinajstić information content (AvgIpc) is 2.72. The molecule has 0 atom stereocenters. The van der Waals surface area contributed by atoms with E-state index in [9.17, 15) is 9.59 Å². The number of hydrogen-bond acceptors (Lipinski definition) is 7. The van der Waals surface area contributed by atoms with Crippen molar-refractivity contribution in [3.05, 3.63) is 47.5 Å². The van der Waals surface area contributed by atoms with Crippen molar-refractivity contribution >= 4 is 17.9 Å². The Labute approximate surface area is 163 Å². The molecule has 0 spiro atoms. The van der Waals surface area contributed by atoms with E-state index in [0.717, 1.165) is 5.69 Å². The molecule has 3 rings (SSSR count). The van der Waals surface area contributed by atoms with E-state index in [-0.39, 0.29) is 12.0 Å². The predicted octanol–water partition coefficient (Wildman–Crippen LogP) is 1.71. The summed E-state index contributed by atoms with van der Waals surface area (Å²) in [4.78, 5) is 40.9. The largest absolute Gasteiger partial charge is 0.450 e. The minimum absolute atomic E-state index is 0.171. The molecule has 2 aromatic heterocycles. The Balaban J connectivity index is 1.62. The molecule has 0 aliphatic carbocycles. The Kier molecular flexibility index (Phi) is 6.36. The quantitative estimate of drug-likeness (QED) is 0.837. The van der Waals surface area contributed by atoms with E-state index >= 15 is 0 Å². The molecule has 0 radical (unpaired) electrons. The van der Waals surface area contributed by atoms with Gasteiger partial charge in [0.15, 0.2) is 0 Å². The summed E-state index contributed by atoms with van der Waals surface area (Å²) < 4.78 is 5.01. The maximum atomic E-state index is 12.8. The van der Waals surface area contributed by atoms with Crippen LogP contribution in [0.5, 0.6) is 0 Å². The van der Waals surface area contributed by atoms with Crippen molar-refractivity contribution in [2.45, 2.75) is 20.4 Å². The predicted molar refractivity (Wildman–Crippen MR) is 103 cm³/mol. The molecule has 9 nitrogen and oxygen atoms in total. The molecule has 9 heteroatoms. The topological polar surface area (TPSA) is 101 Å². The first-order valence-electron chi connectivity index (χ1n) is 9.27. The van der Waals surface area contributed by atoms with Gasteiger partial charge in [-0.15, -0.1) is 0 Å². The lowest BCUT2D eigenvalue weighted by Gasteiger charge is -2.33. The molecule has 1 aliphatic heterocycles. The second-order valence-electron chi connectivity index (χ2n) is 6.37. The van der Waals surface area contributed by atoms with Crippen LogP contribution >= 0.6 is 0 Å². The molecule has 3 heterocycles. The number of ether oxygens (including phenoxy) is 1. The molecule has 1 saturated heterocycles. The first-order chi connectivity index (χ1) is 13.6. The van der Waals surface area contributed by atoms with Crippen LogP contribution in [0, 0.1) is 6.92 Å². The number of hydrogen-bond donors (Lipinski definition) is 1. The van der Waals surface area contributed by atoms with E-state index in [4.69, 9.17) is 4.74 Å². The first kappa shape index (κ1) is 19.5. The van der Waals surface area contributed by atoms with Gasteiger partial charge in [-0.1, -0.05) is 6.07 Å². The van der Waals surface area contributed by atoms with Gasteiger partial charge in [0.1, 0.15) is 5.69 Å². The standard InChI is InChI=1S/C19H24N6O3/c1-3-28-19(27)25-10-8-24(9-11-25)17(26)16-12-14(2)22-18(23-16)21-13-15-6-4-5-7-20-15/h4-7,12H,3,8-11,13H2,1-2H3,(H,21,22,23). The third-order valence-corrected chi connectivity index (χ3v) is 4.32. The molecule has 28 heavy (non-hydrogen) atoms. The highest BCUT2D eigenvalue weighted by molar-refractivity contribution is 5.92. The number of anilines is 1.